The van der Waals surface area contributed by atoms with E-state index in [1.165, 1.54) is 6.92 Å². The van der Waals surface area contributed by atoms with E-state index in [9.17, 15) is 9.59 Å². The molecule has 93 valence electrons. The van der Waals surface area contributed by atoms with Gasteiger partial charge in [-0.3, -0.25) is 4.79 Å². The second kappa shape index (κ2) is 7.92. The number of hydrogen-bond donors (Lipinski definition) is 2. The molecule has 6 nitrogen and oxygen atoms in total. The maximum Gasteiger partial charge on any atom is 0.410 e. The van der Waals surface area contributed by atoms with Gasteiger partial charge in [0.1, 0.15) is 0 Å². The Morgan fingerprint density at radius 2 is 2.06 bits per heavy atom. The number of esters is 1. The number of carbonyl (C=O) groups excluding carboxylic acids is 2. The first-order chi connectivity index (χ1) is 7.45. The Kier molecular flexibility index (Phi) is 7.28. The quantitative estimate of drug-likeness (QED) is 0.517. The van der Waals surface area contributed by atoms with Gasteiger partial charge in [-0.05, 0) is 13.3 Å². The smallest absolute Gasteiger partial charge is 0.410 e. The van der Waals surface area contributed by atoms with Crippen molar-refractivity contribution in [2.45, 2.75) is 39.1 Å². The number of hydrogen-bond acceptors (Lipinski definition) is 5. The summed E-state index contributed by atoms with van der Waals surface area (Å²) < 4.78 is 9.45. The lowest BCUT2D eigenvalue weighted by molar-refractivity contribution is -0.164. The van der Waals surface area contributed by atoms with Crippen molar-refractivity contribution in [3.63, 3.8) is 0 Å². The van der Waals surface area contributed by atoms with E-state index in [1.54, 1.807) is 0 Å². The third-order valence-electron chi connectivity index (χ3n) is 1.51. The first kappa shape index (κ1) is 14.7. The van der Waals surface area contributed by atoms with Crippen LogP contribution in [0.5, 0.6) is 0 Å². The fraction of sp³-hybridized carbons (Fsp3) is 0.700. The van der Waals surface area contributed by atoms with Gasteiger partial charge in [-0.1, -0.05) is 6.92 Å². The molecule has 1 unspecified atom stereocenters. The molecule has 0 saturated heterocycles. The maximum atomic E-state index is 11.0. The first-order valence-electron chi connectivity index (χ1n) is 5.10. The Morgan fingerprint density at radius 1 is 1.44 bits per heavy atom. The van der Waals surface area contributed by atoms with Crippen LogP contribution in [0, 0.1) is 6.92 Å². The Balaban J connectivity index is 3.73. The number of aliphatic hydroxyl groups excluding tert-OH is 1. The van der Waals surface area contributed by atoms with Gasteiger partial charge in [0.15, 0.2) is 0 Å². The van der Waals surface area contributed by atoms with Gasteiger partial charge in [-0.15, -0.1) is 0 Å². The van der Waals surface area contributed by atoms with E-state index in [0.29, 0.717) is 6.42 Å². The number of rotatable bonds is 6. The van der Waals surface area contributed by atoms with Crippen molar-refractivity contribution in [3.8, 4) is 0 Å². The van der Waals surface area contributed by atoms with Crippen molar-refractivity contribution >= 4 is 12.1 Å². The minimum absolute atomic E-state index is 0.0194. The summed E-state index contributed by atoms with van der Waals surface area (Å²) in [6.07, 6.45) is -1.65. The minimum atomic E-state index is -0.944. The fourth-order valence-corrected chi connectivity index (χ4v) is 0.866. The molecule has 0 aliphatic heterocycles. The number of alkyl carbamates (subject to hydrolysis) is 1. The number of carbonyl (C=O) groups is 2. The molecule has 6 heteroatoms. The normalized spacial score (nSPS) is 13.8. The van der Waals surface area contributed by atoms with Crippen LogP contribution >= 0.6 is 0 Å². The molecule has 0 aliphatic carbocycles. The lowest BCUT2D eigenvalue weighted by Crippen LogP contribution is -2.34. The van der Waals surface area contributed by atoms with Gasteiger partial charge in [0, 0.05) is 19.9 Å². The van der Waals surface area contributed by atoms with Gasteiger partial charge < -0.3 is 19.9 Å². The zero-order chi connectivity index (χ0) is 12.6. The SMILES string of the molecule is [CH2][C@H](O)CNC(=O)OC(C)OC(=O)CCC. The van der Waals surface area contributed by atoms with Crippen LogP contribution in [0.2, 0.25) is 0 Å². The van der Waals surface area contributed by atoms with Gasteiger partial charge in [0.25, 0.3) is 0 Å². The van der Waals surface area contributed by atoms with E-state index >= 15 is 0 Å². The highest BCUT2D eigenvalue weighted by Crippen LogP contribution is 1.99. The number of nitrogens with one attached hydrogen (secondary N) is 1. The van der Waals surface area contributed by atoms with Crippen LogP contribution in [0.25, 0.3) is 0 Å². The van der Waals surface area contributed by atoms with E-state index in [1.807, 2.05) is 6.92 Å². The summed E-state index contributed by atoms with van der Waals surface area (Å²) in [5.41, 5.74) is 0. The molecule has 0 saturated carbocycles. The number of aliphatic hydroxyl groups is 1. The molecule has 0 spiro atoms. The van der Waals surface area contributed by atoms with Crippen molar-refractivity contribution in [2.75, 3.05) is 6.54 Å². The molecule has 0 aromatic rings. The van der Waals surface area contributed by atoms with Crippen LogP contribution in [0.1, 0.15) is 26.7 Å². The maximum absolute atomic E-state index is 11.0. The predicted octanol–water partition coefficient (Wildman–Crippen LogP) is 0.597. The summed E-state index contributed by atoms with van der Waals surface area (Å²) in [6, 6.07) is 0. The van der Waals surface area contributed by atoms with E-state index in [-0.39, 0.29) is 13.0 Å². The molecular formula is C10H18NO5. The zero-order valence-electron chi connectivity index (χ0n) is 9.56. The molecule has 2 atom stereocenters. The largest absolute Gasteiger partial charge is 0.425 e. The Hall–Kier alpha value is -1.30. The van der Waals surface area contributed by atoms with E-state index in [0.717, 1.165) is 0 Å². The molecule has 0 rings (SSSR count). The Morgan fingerprint density at radius 3 is 2.56 bits per heavy atom. The second-order valence-corrected chi connectivity index (χ2v) is 3.25. The van der Waals surface area contributed by atoms with E-state index in [4.69, 9.17) is 9.84 Å². The lowest BCUT2D eigenvalue weighted by Gasteiger charge is -2.14. The van der Waals surface area contributed by atoms with E-state index < -0.39 is 24.5 Å². The molecule has 2 N–H and O–H groups in total. The summed E-state index contributed by atoms with van der Waals surface area (Å²) in [7, 11) is 0. The molecule has 0 fully saturated rings. The molecule has 16 heavy (non-hydrogen) atoms. The molecule has 0 bridgehead atoms. The van der Waals surface area contributed by atoms with E-state index in [2.05, 4.69) is 17.0 Å². The minimum Gasteiger partial charge on any atom is -0.425 e. The number of ether oxygens (including phenoxy) is 2. The monoisotopic (exact) mass is 232 g/mol. The molecular weight excluding hydrogens is 214 g/mol. The molecule has 0 aromatic carbocycles. The summed E-state index contributed by atoms with van der Waals surface area (Å²) in [6.45, 7) is 6.52. The molecule has 1 radical (unpaired) electrons. The van der Waals surface area contributed by atoms with Gasteiger partial charge in [0.2, 0.25) is 6.29 Å². The highest BCUT2D eigenvalue weighted by atomic mass is 16.7. The second-order valence-electron chi connectivity index (χ2n) is 3.25. The zero-order valence-corrected chi connectivity index (χ0v) is 9.56. The third-order valence-corrected chi connectivity index (χ3v) is 1.51. The third kappa shape index (κ3) is 8.05. The Bertz CT molecular complexity index is 229. The van der Waals surface area contributed by atoms with Gasteiger partial charge >= 0.3 is 12.1 Å². The average Bonchev–Trinajstić information content (AvgIpc) is 2.14. The van der Waals surface area contributed by atoms with Crippen molar-refractivity contribution in [2.24, 2.45) is 0 Å². The molecule has 0 aromatic heterocycles. The molecule has 0 aliphatic rings. The fourth-order valence-electron chi connectivity index (χ4n) is 0.866. The topological polar surface area (TPSA) is 84.9 Å². The summed E-state index contributed by atoms with van der Waals surface area (Å²) in [5, 5.41) is 11.0. The van der Waals surface area contributed by atoms with Crippen LogP contribution in [-0.4, -0.2) is 36.1 Å². The highest BCUT2D eigenvalue weighted by Gasteiger charge is 2.13. The summed E-state index contributed by atoms with van der Waals surface area (Å²) in [5.74, 6) is -0.417. The van der Waals surface area contributed by atoms with Crippen LogP contribution < -0.4 is 5.32 Å². The van der Waals surface area contributed by atoms with Crippen LogP contribution in [0.3, 0.4) is 0 Å². The van der Waals surface area contributed by atoms with Crippen molar-refractivity contribution < 1.29 is 24.2 Å². The number of amides is 1. The van der Waals surface area contributed by atoms with Gasteiger partial charge in [-0.2, -0.15) is 0 Å². The van der Waals surface area contributed by atoms with Gasteiger partial charge in [0.05, 0.1) is 6.10 Å². The van der Waals surface area contributed by atoms with Crippen LogP contribution in [0.4, 0.5) is 4.79 Å². The van der Waals surface area contributed by atoms with Crippen molar-refractivity contribution in [3.05, 3.63) is 6.92 Å². The summed E-state index contributed by atoms with van der Waals surface area (Å²) >= 11 is 0. The van der Waals surface area contributed by atoms with Crippen LogP contribution in [0.15, 0.2) is 0 Å². The standard InChI is InChI=1S/C10H18NO5/c1-4-5-9(13)15-8(3)16-10(14)11-6-7(2)12/h7-8,12H,2,4-6H2,1,3H3,(H,11,14)/t7-,8?/m0/s1. The van der Waals surface area contributed by atoms with Crippen molar-refractivity contribution in [1.82, 2.24) is 5.32 Å². The summed E-state index contributed by atoms with van der Waals surface area (Å²) in [4.78, 5) is 22.1. The first-order valence-corrected chi connectivity index (χ1v) is 5.10. The average molecular weight is 232 g/mol. The predicted molar refractivity (Wildman–Crippen MR) is 56.3 cm³/mol. The molecule has 0 heterocycles. The Labute approximate surface area is 94.9 Å². The molecule has 1 amide bonds. The van der Waals surface area contributed by atoms with Crippen LogP contribution in [-0.2, 0) is 14.3 Å². The van der Waals surface area contributed by atoms with Crippen molar-refractivity contribution in [1.29, 1.82) is 0 Å². The highest BCUT2D eigenvalue weighted by molar-refractivity contribution is 5.70. The van der Waals surface area contributed by atoms with Gasteiger partial charge in [-0.25, -0.2) is 4.79 Å². The lowest BCUT2D eigenvalue weighted by atomic mass is 10.3.